The monoisotopic (exact) mass is 297 g/mol. The van der Waals surface area contributed by atoms with Gasteiger partial charge in [0.2, 0.25) is 0 Å². The van der Waals surface area contributed by atoms with Gasteiger partial charge in [0.05, 0.1) is 18.3 Å². The van der Waals surface area contributed by atoms with E-state index in [9.17, 15) is 0 Å². The highest BCUT2D eigenvalue weighted by Gasteiger charge is 2.37. The molecule has 0 spiro atoms. The summed E-state index contributed by atoms with van der Waals surface area (Å²) in [7, 11) is 0. The van der Waals surface area contributed by atoms with E-state index < -0.39 is 0 Å². The van der Waals surface area contributed by atoms with Gasteiger partial charge in [-0.2, -0.15) is 0 Å². The molecular weight excluding hydrogens is 262 g/mol. The second kappa shape index (κ2) is 8.50. The second-order valence-electron chi connectivity index (χ2n) is 7.39. The van der Waals surface area contributed by atoms with Crippen LogP contribution in [0.2, 0.25) is 0 Å². The van der Waals surface area contributed by atoms with Gasteiger partial charge in [0.15, 0.2) is 0 Å². The van der Waals surface area contributed by atoms with Crippen LogP contribution in [-0.4, -0.2) is 38.0 Å². The molecule has 1 aliphatic heterocycles. The Morgan fingerprint density at radius 2 is 2.00 bits per heavy atom. The van der Waals surface area contributed by atoms with Gasteiger partial charge in [0.1, 0.15) is 0 Å². The lowest BCUT2D eigenvalue weighted by Crippen LogP contribution is -2.47. The molecule has 2 aliphatic rings. The average Bonchev–Trinajstić information content (AvgIpc) is 2.99. The van der Waals surface area contributed by atoms with E-state index in [1.165, 1.54) is 44.9 Å². The third kappa shape index (κ3) is 5.22. The zero-order valence-corrected chi connectivity index (χ0v) is 14.3. The molecule has 0 bridgehead atoms. The summed E-state index contributed by atoms with van der Waals surface area (Å²) < 4.78 is 12.2. The van der Waals surface area contributed by atoms with Crippen LogP contribution < -0.4 is 5.32 Å². The molecule has 2 rings (SSSR count). The van der Waals surface area contributed by atoms with Gasteiger partial charge in [-0.15, -0.1) is 0 Å². The molecule has 0 amide bonds. The number of hydrogen-bond acceptors (Lipinski definition) is 3. The Morgan fingerprint density at radius 1 is 1.24 bits per heavy atom. The zero-order valence-electron chi connectivity index (χ0n) is 14.3. The highest BCUT2D eigenvalue weighted by Crippen LogP contribution is 2.38. The van der Waals surface area contributed by atoms with Crippen LogP contribution in [0.5, 0.6) is 0 Å². The van der Waals surface area contributed by atoms with Crippen molar-refractivity contribution >= 4 is 0 Å². The van der Waals surface area contributed by atoms with E-state index in [0.29, 0.717) is 6.10 Å². The Bertz CT molecular complexity index is 279. The molecule has 1 saturated heterocycles. The highest BCUT2D eigenvalue weighted by atomic mass is 16.5. The molecule has 0 aromatic carbocycles. The molecule has 0 aromatic heterocycles. The Labute approximate surface area is 131 Å². The summed E-state index contributed by atoms with van der Waals surface area (Å²) in [6, 6.07) is 0. The Kier molecular flexibility index (Phi) is 6.97. The van der Waals surface area contributed by atoms with E-state index >= 15 is 0 Å². The van der Waals surface area contributed by atoms with E-state index in [4.69, 9.17) is 9.47 Å². The molecule has 2 fully saturated rings. The molecule has 3 heteroatoms. The molecule has 124 valence electrons. The van der Waals surface area contributed by atoms with Crippen molar-refractivity contribution in [2.24, 2.45) is 11.8 Å². The minimum Gasteiger partial charge on any atom is -0.376 e. The van der Waals surface area contributed by atoms with Crippen molar-refractivity contribution in [3.8, 4) is 0 Å². The van der Waals surface area contributed by atoms with Crippen molar-refractivity contribution in [2.45, 2.75) is 77.4 Å². The summed E-state index contributed by atoms with van der Waals surface area (Å²) in [6.45, 7) is 10.8. The first-order valence-corrected chi connectivity index (χ1v) is 9.11. The fraction of sp³-hybridized carbons (Fsp3) is 1.00. The standard InChI is InChI=1S/C18H35NO2/c1-4-11-19-14-18(21-13-17-6-5-12-20-17)9-7-16(8-10-18)15(2)3/h15-17,19H,4-14H2,1-3H3. The van der Waals surface area contributed by atoms with Gasteiger partial charge < -0.3 is 14.8 Å². The summed E-state index contributed by atoms with van der Waals surface area (Å²) in [5.74, 6) is 1.69. The normalized spacial score (nSPS) is 33.7. The summed E-state index contributed by atoms with van der Waals surface area (Å²) >= 11 is 0. The van der Waals surface area contributed by atoms with Crippen LogP contribution in [-0.2, 0) is 9.47 Å². The van der Waals surface area contributed by atoms with E-state index in [-0.39, 0.29) is 5.60 Å². The zero-order chi connectivity index (χ0) is 15.1. The third-order valence-corrected chi connectivity index (χ3v) is 5.36. The molecule has 3 nitrogen and oxygen atoms in total. The molecule has 1 saturated carbocycles. The number of ether oxygens (including phenoxy) is 2. The molecule has 1 atom stereocenters. The Balaban J connectivity index is 1.84. The number of hydrogen-bond donors (Lipinski definition) is 1. The quantitative estimate of drug-likeness (QED) is 0.692. The van der Waals surface area contributed by atoms with Crippen LogP contribution >= 0.6 is 0 Å². The molecule has 0 aromatic rings. The lowest BCUT2D eigenvalue weighted by Gasteiger charge is -2.42. The topological polar surface area (TPSA) is 30.5 Å². The smallest absolute Gasteiger partial charge is 0.0809 e. The first-order chi connectivity index (χ1) is 10.2. The van der Waals surface area contributed by atoms with Crippen LogP contribution in [0.1, 0.15) is 65.7 Å². The predicted molar refractivity (Wildman–Crippen MR) is 87.6 cm³/mol. The van der Waals surface area contributed by atoms with Gasteiger partial charge in [-0.3, -0.25) is 0 Å². The van der Waals surface area contributed by atoms with Crippen molar-refractivity contribution < 1.29 is 9.47 Å². The molecule has 1 aliphatic carbocycles. The SMILES string of the molecule is CCCNCC1(OCC2CCCO2)CCC(C(C)C)CC1. The third-order valence-electron chi connectivity index (χ3n) is 5.36. The predicted octanol–water partition coefficient (Wildman–Crippen LogP) is 3.77. The largest absolute Gasteiger partial charge is 0.376 e. The first-order valence-electron chi connectivity index (χ1n) is 9.11. The van der Waals surface area contributed by atoms with Gasteiger partial charge in [0, 0.05) is 13.2 Å². The molecular formula is C18H35NO2. The van der Waals surface area contributed by atoms with Gasteiger partial charge in [-0.05, 0) is 63.3 Å². The number of rotatable bonds is 8. The summed E-state index contributed by atoms with van der Waals surface area (Å²) in [5, 5.41) is 3.60. The fourth-order valence-electron chi connectivity index (χ4n) is 3.74. The van der Waals surface area contributed by atoms with Gasteiger partial charge in [-0.1, -0.05) is 20.8 Å². The van der Waals surface area contributed by atoms with Crippen molar-refractivity contribution in [1.82, 2.24) is 5.32 Å². The van der Waals surface area contributed by atoms with Crippen LogP contribution in [0.25, 0.3) is 0 Å². The lowest BCUT2D eigenvalue weighted by molar-refractivity contribution is -0.108. The Hall–Kier alpha value is -0.120. The summed E-state index contributed by atoms with van der Waals surface area (Å²) in [6.07, 6.45) is 8.96. The van der Waals surface area contributed by atoms with E-state index in [0.717, 1.165) is 38.1 Å². The second-order valence-corrected chi connectivity index (χ2v) is 7.39. The first kappa shape index (κ1) is 17.2. The number of nitrogens with one attached hydrogen (secondary N) is 1. The summed E-state index contributed by atoms with van der Waals surface area (Å²) in [5.41, 5.74) is 0.0620. The molecule has 1 N–H and O–H groups in total. The van der Waals surface area contributed by atoms with Gasteiger partial charge >= 0.3 is 0 Å². The fourth-order valence-corrected chi connectivity index (χ4v) is 3.74. The van der Waals surface area contributed by atoms with Crippen LogP contribution in [0.4, 0.5) is 0 Å². The molecule has 1 heterocycles. The van der Waals surface area contributed by atoms with Crippen LogP contribution in [0.3, 0.4) is 0 Å². The van der Waals surface area contributed by atoms with Crippen LogP contribution in [0.15, 0.2) is 0 Å². The average molecular weight is 297 g/mol. The minimum absolute atomic E-state index is 0.0620. The van der Waals surface area contributed by atoms with Gasteiger partial charge in [0.25, 0.3) is 0 Å². The molecule has 1 unspecified atom stereocenters. The summed E-state index contributed by atoms with van der Waals surface area (Å²) in [4.78, 5) is 0. The van der Waals surface area contributed by atoms with E-state index in [1.807, 2.05) is 0 Å². The van der Waals surface area contributed by atoms with E-state index in [1.54, 1.807) is 0 Å². The maximum absolute atomic E-state index is 6.44. The van der Waals surface area contributed by atoms with Crippen molar-refractivity contribution in [1.29, 1.82) is 0 Å². The lowest BCUT2D eigenvalue weighted by atomic mass is 9.74. The highest BCUT2D eigenvalue weighted by molar-refractivity contribution is 4.90. The van der Waals surface area contributed by atoms with Crippen LogP contribution in [0, 0.1) is 11.8 Å². The molecule has 0 radical (unpaired) electrons. The van der Waals surface area contributed by atoms with Crippen molar-refractivity contribution in [3.63, 3.8) is 0 Å². The van der Waals surface area contributed by atoms with Gasteiger partial charge in [-0.25, -0.2) is 0 Å². The Morgan fingerprint density at radius 3 is 2.57 bits per heavy atom. The van der Waals surface area contributed by atoms with Crippen molar-refractivity contribution in [2.75, 3.05) is 26.3 Å². The maximum Gasteiger partial charge on any atom is 0.0809 e. The molecule has 21 heavy (non-hydrogen) atoms. The van der Waals surface area contributed by atoms with Crippen molar-refractivity contribution in [3.05, 3.63) is 0 Å². The minimum atomic E-state index is 0.0620. The maximum atomic E-state index is 6.44. The van der Waals surface area contributed by atoms with E-state index in [2.05, 4.69) is 26.1 Å².